The Bertz CT molecular complexity index is 312. The first-order valence-electron chi connectivity index (χ1n) is 7.71. The first-order chi connectivity index (χ1) is 8.53. The molecule has 18 heavy (non-hydrogen) atoms. The fourth-order valence-electron chi connectivity index (χ4n) is 3.98. The van der Waals surface area contributed by atoms with Crippen molar-refractivity contribution in [2.24, 2.45) is 16.8 Å². The molecule has 0 radical (unpaired) electrons. The molecule has 0 aromatic carbocycles. The van der Waals surface area contributed by atoms with Crippen molar-refractivity contribution in [1.29, 1.82) is 0 Å². The van der Waals surface area contributed by atoms with E-state index in [1.807, 2.05) is 7.05 Å². The second-order valence-electron chi connectivity index (χ2n) is 7.11. The Hall–Kier alpha value is -0.465. The van der Waals surface area contributed by atoms with Crippen molar-refractivity contribution in [3.63, 3.8) is 0 Å². The molecule has 0 aromatic heterocycles. The lowest BCUT2D eigenvalue weighted by molar-refractivity contribution is 0.252. The van der Waals surface area contributed by atoms with Crippen LogP contribution in [-0.2, 0) is 0 Å². The number of likely N-dealkylation sites (tertiary alicyclic amines) is 1. The van der Waals surface area contributed by atoms with Crippen LogP contribution in [0, 0.1) is 11.8 Å². The van der Waals surface area contributed by atoms with Gasteiger partial charge in [-0.05, 0) is 25.2 Å². The molecular weight excluding hydrogens is 219 g/mol. The van der Waals surface area contributed by atoms with Gasteiger partial charge in [0.1, 0.15) is 13.7 Å². The molecule has 0 aromatic rings. The first-order valence-corrected chi connectivity index (χ1v) is 7.71. The summed E-state index contributed by atoms with van der Waals surface area (Å²) in [6, 6.07) is 0. The Morgan fingerprint density at radius 2 is 1.89 bits per heavy atom. The SMILES string of the molecule is BC1(C)CCCC2CCN(C)/C(=N/C)C2CCC1. The standard InChI is InChI=1S/C15H29BN2/c1-15(16)9-4-6-12-8-11-18(3)14(17-2)13(12)7-5-10-15/h12-13H,4-11,16H2,1-3H3/b17-14+. The Morgan fingerprint density at radius 3 is 2.56 bits per heavy atom. The van der Waals surface area contributed by atoms with Crippen LogP contribution in [0.15, 0.2) is 4.99 Å². The Labute approximate surface area is 114 Å². The molecule has 2 fully saturated rings. The highest BCUT2D eigenvalue weighted by Crippen LogP contribution is 2.41. The van der Waals surface area contributed by atoms with Crippen LogP contribution in [-0.4, -0.2) is 39.2 Å². The number of aliphatic imine (C=N–C) groups is 1. The van der Waals surface area contributed by atoms with Crippen LogP contribution in [0.25, 0.3) is 0 Å². The summed E-state index contributed by atoms with van der Waals surface area (Å²) in [7, 11) is 6.64. The highest BCUT2D eigenvalue weighted by Gasteiger charge is 2.34. The smallest absolute Gasteiger partial charge is 0.109 e. The number of rotatable bonds is 0. The van der Waals surface area contributed by atoms with E-state index in [9.17, 15) is 0 Å². The van der Waals surface area contributed by atoms with Gasteiger partial charge in [0.2, 0.25) is 0 Å². The van der Waals surface area contributed by atoms with E-state index in [1.54, 1.807) is 0 Å². The molecule has 2 rings (SSSR count). The zero-order chi connectivity index (χ0) is 13.2. The van der Waals surface area contributed by atoms with Crippen molar-refractivity contribution in [3.8, 4) is 0 Å². The van der Waals surface area contributed by atoms with Gasteiger partial charge in [-0.15, -0.1) is 0 Å². The predicted octanol–water partition coefficient (Wildman–Crippen LogP) is 2.75. The third-order valence-corrected chi connectivity index (χ3v) is 5.15. The molecule has 3 atom stereocenters. The second kappa shape index (κ2) is 5.67. The average molecular weight is 248 g/mol. The topological polar surface area (TPSA) is 15.6 Å². The molecule has 2 nitrogen and oxygen atoms in total. The van der Waals surface area contributed by atoms with Gasteiger partial charge in [0.25, 0.3) is 0 Å². The highest BCUT2D eigenvalue weighted by molar-refractivity contribution is 6.14. The van der Waals surface area contributed by atoms with Crippen molar-refractivity contribution in [3.05, 3.63) is 0 Å². The summed E-state index contributed by atoms with van der Waals surface area (Å²) < 4.78 is 0. The largest absolute Gasteiger partial charge is 0.363 e. The molecule has 1 aliphatic heterocycles. The van der Waals surface area contributed by atoms with E-state index >= 15 is 0 Å². The molecule has 0 amide bonds. The molecule has 102 valence electrons. The van der Waals surface area contributed by atoms with Crippen LogP contribution in [0.3, 0.4) is 0 Å². The van der Waals surface area contributed by atoms with E-state index in [1.165, 1.54) is 57.3 Å². The van der Waals surface area contributed by atoms with Crippen LogP contribution in [0.1, 0.15) is 51.9 Å². The molecule has 0 bridgehead atoms. The van der Waals surface area contributed by atoms with Gasteiger partial charge in [0.15, 0.2) is 0 Å². The van der Waals surface area contributed by atoms with Gasteiger partial charge in [0, 0.05) is 26.6 Å². The third kappa shape index (κ3) is 3.10. The Morgan fingerprint density at radius 1 is 1.22 bits per heavy atom. The molecule has 0 spiro atoms. The van der Waals surface area contributed by atoms with Crippen LogP contribution in [0.2, 0.25) is 5.31 Å². The van der Waals surface area contributed by atoms with Crippen LogP contribution in [0.4, 0.5) is 0 Å². The molecule has 0 N–H and O–H groups in total. The molecule has 3 heteroatoms. The second-order valence-corrected chi connectivity index (χ2v) is 7.11. The number of nitrogens with zero attached hydrogens (tertiary/aromatic N) is 2. The molecule has 1 heterocycles. The van der Waals surface area contributed by atoms with Gasteiger partial charge in [-0.25, -0.2) is 0 Å². The minimum Gasteiger partial charge on any atom is -0.363 e. The normalized spacial score (nSPS) is 40.8. The summed E-state index contributed by atoms with van der Waals surface area (Å²) >= 11 is 0. The monoisotopic (exact) mass is 248 g/mol. The minimum absolute atomic E-state index is 0.558. The van der Waals surface area contributed by atoms with Crippen molar-refractivity contribution < 1.29 is 0 Å². The van der Waals surface area contributed by atoms with Crippen molar-refractivity contribution in [2.75, 3.05) is 20.6 Å². The number of piperidine rings is 1. The molecule has 2 aliphatic rings. The van der Waals surface area contributed by atoms with E-state index in [2.05, 4.69) is 31.7 Å². The van der Waals surface area contributed by atoms with E-state index in [-0.39, 0.29) is 0 Å². The van der Waals surface area contributed by atoms with Gasteiger partial charge in [-0.1, -0.05) is 37.9 Å². The number of hydrogen-bond donors (Lipinski definition) is 0. The van der Waals surface area contributed by atoms with Crippen LogP contribution >= 0.6 is 0 Å². The molecule has 1 saturated heterocycles. The zero-order valence-corrected chi connectivity index (χ0v) is 12.7. The quantitative estimate of drug-likeness (QED) is 0.602. The lowest BCUT2D eigenvalue weighted by Gasteiger charge is -2.39. The van der Waals surface area contributed by atoms with Gasteiger partial charge in [0.05, 0.1) is 0 Å². The van der Waals surface area contributed by atoms with Crippen LogP contribution in [0.5, 0.6) is 0 Å². The lowest BCUT2D eigenvalue weighted by Crippen LogP contribution is -2.43. The van der Waals surface area contributed by atoms with Gasteiger partial charge in [-0.3, -0.25) is 4.99 Å². The predicted molar refractivity (Wildman–Crippen MR) is 82.2 cm³/mol. The van der Waals surface area contributed by atoms with E-state index in [0.717, 1.165) is 11.8 Å². The maximum Gasteiger partial charge on any atom is 0.109 e. The summed E-state index contributed by atoms with van der Waals surface area (Å²) in [6.45, 7) is 3.65. The van der Waals surface area contributed by atoms with Gasteiger partial charge in [-0.2, -0.15) is 0 Å². The number of fused-ring (bicyclic) bond motifs is 1. The van der Waals surface area contributed by atoms with Crippen molar-refractivity contribution >= 4 is 13.7 Å². The summed E-state index contributed by atoms with van der Waals surface area (Å²) in [5, 5.41) is 0.558. The van der Waals surface area contributed by atoms with Crippen molar-refractivity contribution in [1.82, 2.24) is 4.90 Å². The lowest BCUT2D eigenvalue weighted by atomic mass is 9.64. The number of amidine groups is 1. The fraction of sp³-hybridized carbons (Fsp3) is 0.933. The minimum atomic E-state index is 0.558. The van der Waals surface area contributed by atoms with E-state index < -0.39 is 0 Å². The number of hydrogen-bond acceptors (Lipinski definition) is 1. The summed E-state index contributed by atoms with van der Waals surface area (Å²) in [5.41, 5.74) is 0. The van der Waals surface area contributed by atoms with E-state index in [4.69, 9.17) is 0 Å². The molecule has 1 aliphatic carbocycles. The van der Waals surface area contributed by atoms with Gasteiger partial charge >= 0.3 is 0 Å². The first kappa shape index (κ1) is 14.0. The van der Waals surface area contributed by atoms with Crippen molar-refractivity contribution in [2.45, 2.75) is 57.2 Å². The summed E-state index contributed by atoms with van der Waals surface area (Å²) in [5.74, 6) is 3.02. The Kier molecular flexibility index (Phi) is 4.39. The van der Waals surface area contributed by atoms with E-state index in [0.29, 0.717) is 5.31 Å². The summed E-state index contributed by atoms with van der Waals surface area (Å²) in [6.07, 6.45) is 9.73. The fourth-order valence-corrected chi connectivity index (χ4v) is 3.98. The molecular formula is C15H29BN2. The van der Waals surface area contributed by atoms with Gasteiger partial charge < -0.3 is 4.90 Å². The summed E-state index contributed by atoms with van der Waals surface area (Å²) in [4.78, 5) is 6.99. The average Bonchev–Trinajstić information content (AvgIpc) is 2.37. The third-order valence-electron chi connectivity index (χ3n) is 5.15. The molecule has 3 unspecified atom stereocenters. The van der Waals surface area contributed by atoms with Crippen LogP contribution < -0.4 is 0 Å². The Balaban J connectivity index is 2.11. The maximum atomic E-state index is 4.59. The zero-order valence-electron chi connectivity index (χ0n) is 12.7. The highest BCUT2D eigenvalue weighted by atomic mass is 15.2. The molecule has 1 saturated carbocycles. The maximum absolute atomic E-state index is 4.59.